The van der Waals surface area contributed by atoms with Crippen LogP contribution in [0.15, 0.2) is 24.3 Å². The van der Waals surface area contributed by atoms with E-state index in [1.165, 1.54) is 0 Å². The minimum absolute atomic E-state index is 0.00324. The summed E-state index contributed by atoms with van der Waals surface area (Å²) in [5.41, 5.74) is 6.83. The third-order valence-electron chi connectivity index (χ3n) is 3.21. The van der Waals surface area contributed by atoms with Gasteiger partial charge in [-0.05, 0) is 30.5 Å². The molecule has 20 heavy (non-hydrogen) atoms. The van der Waals surface area contributed by atoms with E-state index < -0.39 is 5.97 Å². The van der Waals surface area contributed by atoms with E-state index in [-0.39, 0.29) is 17.4 Å². The van der Waals surface area contributed by atoms with E-state index in [0.29, 0.717) is 19.5 Å². The van der Waals surface area contributed by atoms with Crippen molar-refractivity contribution in [3.63, 3.8) is 0 Å². The maximum atomic E-state index is 11.8. The number of benzene rings is 1. The van der Waals surface area contributed by atoms with Gasteiger partial charge in [0, 0.05) is 13.1 Å². The molecule has 4 N–H and O–H groups in total. The van der Waals surface area contributed by atoms with Gasteiger partial charge in [0.1, 0.15) is 0 Å². The average molecular weight is 278 g/mol. The van der Waals surface area contributed by atoms with Crippen molar-refractivity contribution in [1.82, 2.24) is 5.32 Å². The number of carbonyl (C=O) groups is 2. The molecule has 0 saturated carbocycles. The van der Waals surface area contributed by atoms with Crippen molar-refractivity contribution in [2.75, 3.05) is 13.1 Å². The normalized spacial score (nSPS) is 11.9. The summed E-state index contributed by atoms with van der Waals surface area (Å²) < 4.78 is 0. The Labute approximate surface area is 119 Å². The van der Waals surface area contributed by atoms with Crippen LogP contribution in [0.25, 0.3) is 0 Å². The maximum absolute atomic E-state index is 11.8. The summed E-state index contributed by atoms with van der Waals surface area (Å²) in [5.74, 6) is -1.05. The highest BCUT2D eigenvalue weighted by molar-refractivity contribution is 5.87. The van der Waals surface area contributed by atoms with Crippen molar-refractivity contribution in [2.24, 2.45) is 11.7 Å². The fraction of sp³-hybridized carbons (Fsp3) is 0.467. The molecule has 1 aromatic rings. The molecule has 1 aromatic carbocycles. The molecule has 0 aliphatic carbocycles. The first-order valence-corrected chi connectivity index (χ1v) is 6.88. The minimum atomic E-state index is -0.935. The molecule has 0 aromatic heterocycles. The van der Waals surface area contributed by atoms with Gasteiger partial charge in [0.05, 0.1) is 11.5 Å². The fourth-order valence-corrected chi connectivity index (χ4v) is 1.99. The standard InChI is InChI=1S/C15H22N2O3/c1-2-3-13(10-16)14(18)17-9-8-11-4-6-12(7-5-11)15(19)20/h4-7,13H,2-3,8-10,16H2,1H3,(H,17,18)(H,19,20). The Morgan fingerprint density at radius 1 is 1.30 bits per heavy atom. The predicted molar refractivity (Wildman–Crippen MR) is 77.6 cm³/mol. The maximum Gasteiger partial charge on any atom is 0.335 e. The zero-order valence-corrected chi connectivity index (χ0v) is 11.8. The van der Waals surface area contributed by atoms with Crippen LogP contribution in [0.1, 0.15) is 35.7 Å². The van der Waals surface area contributed by atoms with Crippen LogP contribution in [0.2, 0.25) is 0 Å². The molecule has 1 unspecified atom stereocenters. The summed E-state index contributed by atoms with van der Waals surface area (Å²) in [6, 6.07) is 6.67. The highest BCUT2D eigenvalue weighted by atomic mass is 16.4. The summed E-state index contributed by atoms with van der Waals surface area (Å²) in [6.07, 6.45) is 2.41. The van der Waals surface area contributed by atoms with Crippen molar-refractivity contribution in [1.29, 1.82) is 0 Å². The van der Waals surface area contributed by atoms with Crippen molar-refractivity contribution >= 4 is 11.9 Å². The van der Waals surface area contributed by atoms with Crippen molar-refractivity contribution < 1.29 is 14.7 Å². The Morgan fingerprint density at radius 2 is 1.95 bits per heavy atom. The summed E-state index contributed by atoms with van der Waals surface area (Å²) in [6.45, 7) is 2.93. The third kappa shape index (κ3) is 5.01. The summed E-state index contributed by atoms with van der Waals surface area (Å²) in [4.78, 5) is 22.5. The third-order valence-corrected chi connectivity index (χ3v) is 3.21. The molecule has 0 saturated heterocycles. The van der Waals surface area contributed by atoms with Crippen LogP contribution in [-0.4, -0.2) is 30.1 Å². The Morgan fingerprint density at radius 3 is 2.45 bits per heavy atom. The number of nitrogens with two attached hydrogens (primary N) is 1. The molecule has 0 bridgehead atoms. The van der Waals surface area contributed by atoms with Crippen LogP contribution in [-0.2, 0) is 11.2 Å². The van der Waals surface area contributed by atoms with Crippen LogP contribution in [0.5, 0.6) is 0 Å². The smallest absolute Gasteiger partial charge is 0.335 e. The Hall–Kier alpha value is -1.88. The summed E-state index contributed by atoms with van der Waals surface area (Å²) in [5, 5.41) is 11.7. The molecule has 110 valence electrons. The number of carboxylic acids is 1. The van der Waals surface area contributed by atoms with Crippen molar-refractivity contribution in [3.8, 4) is 0 Å². The topological polar surface area (TPSA) is 92.4 Å². The molecule has 0 aliphatic heterocycles. The van der Waals surface area contributed by atoms with Gasteiger partial charge in [0.25, 0.3) is 0 Å². The molecule has 0 spiro atoms. The number of carboxylic acid groups (broad SMARTS) is 1. The second-order valence-electron chi connectivity index (χ2n) is 4.76. The molecule has 0 aliphatic rings. The molecule has 1 rings (SSSR count). The van der Waals surface area contributed by atoms with Crippen LogP contribution in [0.3, 0.4) is 0 Å². The van der Waals surface area contributed by atoms with E-state index in [2.05, 4.69) is 5.32 Å². The number of carbonyl (C=O) groups excluding carboxylic acids is 1. The van der Waals surface area contributed by atoms with E-state index >= 15 is 0 Å². The lowest BCUT2D eigenvalue weighted by molar-refractivity contribution is -0.124. The van der Waals surface area contributed by atoms with E-state index in [4.69, 9.17) is 10.8 Å². The van der Waals surface area contributed by atoms with Gasteiger partial charge in [-0.1, -0.05) is 25.5 Å². The number of nitrogens with one attached hydrogen (secondary N) is 1. The molecule has 0 heterocycles. The van der Waals surface area contributed by atoms with Crippen molar-refractivity contribution in [3.05, 3.63) is 35.4 Å². The van der Waals surface area contributed by atoms with Crippen LogP contribution < -0.4 is 11.1 Å². The van der Waals surface area contributed by atoms with Gasteiger partial charge in [-0.3, -0.25) is 4.79 Å². The summed E-state index contributed by atoms with van der Waals surface area (Å²) >= 11 is 0. The lowest BCUT2D eigenvalue weighted by Gasteiger charge is -2.13. The highest BCUT2D eigenvalue weighted by Gasteiger charge is 2.14. The van der Waals surface area contributed by atoms with E-state index in [0.717, 1.165) is 18.4 Å². The van der Waals surface area contributed by atoms with Gasteiger partial charge in [0.15, 0.2) is 0 Å². The zero-order chi connectivity index (χ0) is 15.0. The lowest BCUT2D eigenvalue weighted by Crippen LogP contribution is -2.36. The second-order valence-corrected chi connectivity index (χ2v) is 4.76. The monoisotopic (exact) mass is 278 g/mol. The Balaban J connectivity index is 2.40. The molecule has 5 nitrogen and oxygen atoms in total. The Kier molecular flexibility index (Phi) is 6.73. The number of hydrogen-bond acceptors (Lipinski definition) is 3. The summed E-state index contributed by atoms with van der Waals surface area (Å²) in [7, 11) is 0. The molecule has 1 atom stereocenters. The first kappa shape index (κ1) is 16.2. The number of rotatable bonds is 8. The molecule has 5 heteroatoms. The second kappa shape index (κ2) is 8.32. The van der Waals surface area contributed by atoms with Gasteiger partial charge in [-0.2, -0.15) is 0 Å². The van der Waals surface area contributed by atoms with Gasteiger partial charge in [0.2, 0.25) is 5.91 Å². The molecule has 0 radical (unpaired) electrons. The van der Waals surface area contributed by atoms with Crippen LogP contribution >= 0.6 is 0 Å². The molecular weight excluding hydrogens is 256 g/mol. The van der Waals surface area contributed by atoms with Crippen molar-refractivity contribution in [2.45, 2.75) is 26.2 Å². The first-order chi connectivity index (χ1) is 9.58. The Bertz CT molecular complexity index is 443. The molecular formula is C15H22N2O3. The highest BCUT2D eigenvalue weighted by Crippen LogP contribution is 2.06. The lowest BCUT2D eigenvalue weighted by atomic mass is 10.0. The average Bonchev–Trinajstić information content (AvgIpc) is 2.45. The SMILES string of the molecule is CCCC(CN)C(=O)NCCc1ccc(C(=O)O)cc1. The number of amides is 1. The predicted octanol–water partition coefficient (Wildman–Crippen LogP) is 1.42. The van der Waals surface area contributed by atoms with Gasteiger partial charge >= 0.3 is 5.97 Å². The molecule has 0 fully saturated rings. The molecule has 1 amide bonds. The largest absolute Gasteiger partial charge is 0.478 e. The van der Waals surface area contributed by atoms with Gasteiger partial charge in [-0.15, -0.1) is 0 Å². The quantitative estimate of drug-likeness (QED) is 0.670. The van der Waals surface area contributed by atoms with Crippen LogP contribution in [0, 0.1) is 5.92 Å². The van der Waals surface area contributed by atoms with Gasteiger partial charge in [-0.25, -0.2) is 4.79 Å². The number of aromatic carboxylic acids is 1. The van der Waals surface area contributed by atoms with E-state index in [1.807, 2.05) is 6.92 Å². The number of hydrogen-bond donors (Lipinski definition) is 3. The zero-order valence-electron chi connectivity index (χ0n) is 11.8. The van der Waals surface area contributed by atoms with E-state index in [9.17, 15) is 9.59 Å². The minimum Gasteiger partial charge on any atom is -0.478 e. The first-order valence-electron chi connectivity index (χ1n) is 6.88. The van der Waals surface area contributed by atoms with E-state index in [1.54, 1.807) is 24.3 Å². The van der Waals surface area contributed by atoms with Crippen LogP contribution in [0.4, 0.5) is 0 Å². The van der Waals surface area contributed by atoms with Gasteiger partial charge < -0.3 is 16.2 Å². The fourth-order valence-electron chi connectivity index (χ4n) is 1.99.